The second-order valence-corrected chi connectivity index (χ2v) is 4.28. The minimum absolute atomic E-state index is 0.114. The summed E-state index contributed by atoms with van der Waals surface area (Å²) < 4.78 is 0. The van der Waals surface area contributed by atoms with Gasteiger partial charge in [-0.2, -0.15) is 0 Å². The van der Waals surface area contributed by atoms with E-state index in [1.54, 1.807) is 6.21 Å². The first-order valence-corrected chi connectivity index (χ1v) is 6.31. The van der Waals surface area contributed by atoms with E-state index in [1.165, 1.54) is 0 Å². The fourth-order valence-corrected chi connectivity index (χ4v) is 1.64. The number of nitrogens with one attached hydrogen (secondary N) is 1. The van der Waals surface area contributed by atoms with Crippen molar-refractivity contribution >= 4 is 17.8 Å². The highest BCUT2D eigenvalue weighted by atomic mass is 16.6. The van der Waals surface area contributed by atoms with Gasteiger partial charge in [0.05, 0.1) is 6.21 Å². The van der Waals surface area contributed by atoms with E-state index in [4.69, 9.17) is 4.84 Å². The van der Waals surface area contributed by atoms with Crippen molar-refractivity contribution in [1.82, 2.24) is 0 Å². The molecule has 0 bridgehead atoms. The Kier molecular flexibility index (Phi) is 4.89. The molecule has 4 nitrogen and oxygen atoms in total. The number of amides is 1. The van der Waals surface area contributed by atoms with Crippen LogP contribution in [0.2, 0.25) is 0 Å². The molecule has 0 aliphatic rings. The van der Waals surface area contributed by atoms with Gasteiger partial charge in [-0.05, 0) is 30.2 Å². The number of hydrogen-bond acceptors (Lipinski definition) is 3. The molecular formula is C16H16N2O2. The zero-order valence-electron chi connectivity index (χ0n) is 11.2. The van der Waals surface area contributed by atoms with Crippen LogP contribution in [-0.4, -0.2) is 18.7 Å². The van der Waals surface area contributed by atoms with Gasteiger partial charge >= 0.3 is 0 Å². The van der Waals surface area contributed by atoms with Gasteiger partial charge in [-0.15, -0.1) is 0 Å². The van der Waals surface area contributed by atoms with Crippen LogP contribution in [0.4, 0.5) is 5.69 Å². The molecule has 4 heteroatoms. The average Bonchev–Trinajstić information content (AvgIpc) is 2.46. The second-order valence-electron chi connectivity index (χ2n) is 4.28. The molecule has 1 amide bonds. The molecule has 0 fully saturated rings. The highest BCUT2D eigenvalue weighted by molar-refractivity contribution is 5.91. The van der Waals surface area contributed by atoms with Gasteiger partial charge < -0.3 is 10.2 Å². The Morgan fingerprint density at radius 3 is 2.60 bits per heavy atom. The summed E-state index contributed by atoms with van der Waals surface area (Å²) in [6, 6.07) is 17.0. The monoisotopic (exact) mass is 268 g/mol. The van der Waals surface area contributed by atoms with Crippen molar-refractivity contribution in [2.45, 2.75) is 6.92 Å². The van der Waals surface area contributed by atoms with Gasteiger partial charge in [0.1, 0.15) is 0 Å². The lowest BCUT2D eigenvalue weighted by Crippen LogP contribution is -2.16. The molecule has 0 radical (unpaired) electrons. The van der Waals surface area contributed by atoms with Gasteiger partial charge in [0, 0.05) is 5.69 Å². The number of anilines is 1. The Morgan fingerprint density at radius 1 is 1.15 bits per heavy atom. The number of para-hydroxylation sites is 1. The zero-order valence-corrected chi connectivity index (χ0v) is 11.2. The molecule has 2 aromatic carbocycles. The Balaban J connectivity index is 1.78. The van der Waals surface area contributed by atoms with Crippen LogP contribution in [0.3, 0.4) is 0 Å². The molecule has 1 N–H and O–H groups in total. The average molecular weight is 268 g/mol. The molecule has 2 rings (SSSR count). The summed E-state index contributed by atoms with van der Waals surface area (Å²) in [5.74, 6) is -0.238. The maximum Gasteiger partial charge on any atom is 0.265 e. The van der Waals surface area contributed by atoms with Gasteiger partial charge in [-0.1, -0.05) is 47.6 Å². The van der Waals surface area contributed by atoms with E-state index in [0.717, 1.165) is 16.8 Å². The quantitative estimate of drug-likeness (QED) is 0.669. The summed E-state index contributed by atoms with van der Waals surface area (Å²) in [4.78, 5) is 16.6. The maximum atomic E-state index is 11.6. The number of carbonyl (C=O) groups is 1. The van der Waals surface area contributed by atoms with Crippen LogP contribution in [0.15, 0.2) is 59.8 Å². The highest BCUT2D eigenvalue weighted by Crippen LogP contribution is 2.05. The number of aryl methyl sites for hydroxylation is 1. The van der Waals surface area contributed by atoms with E-state index < -0.39 is 0 Å². The summed E-state index contributed by atoms with van der Waals surface area (Å²) in [7, 11) is 0. The second kappa shape index (κ2) is 7.09. The van der Waals surface area contributed by atoms with Crippen LogP contribution in [0.25, 0.3) is 0 Å². The number of nitrogens with zero attached hydrogens (tertiary/aromatic N) is 1. The van der Waals surface area contributed by atoms with Crippen LogP contribution in [0.5, 0.6) is 0 Å². The van der Waals surface area contributed by atoms with Crippen LogP contribution >= 0.6 is 0 Å². The molecule has 0 aliphatic carbocycles. The zero-order chi connectivity index (χ0) is 14.2. The van der Waals surface area contributed by atoms with Crippen LogP contribution in [-0.2, 0) is 9.63 Å². The van der Waals surface area contributed by atoms with E-state index in [2.05, 4.69) is 10.5 Å². The van der Waals surface area contributed by atoms with Gasteiger partial charge in [-0.3, -0.25) is 4.79 Å². The largest absolute Gasteiger partial charge is 0.386 e. The molecule has 0 unspecified atom stereocenters. The molecule has 0 aliphatic heterocycles. The fourth-order valence-electron chi connectivity index (χ4n) is 1.64. The van der Waals surface area contributed by atoms with Crippen molar-refractivity contribution in [2.24, 2.45) is 5.16 Å². The van der Waals surface area contributed by atoms with Gasteiger partial charge in [0.25, 0.3) is 5.91 Å². The molecule has 0 saturated heterocycles. The van der Waals surface area contributed by atoms with Crippen molar-refractivity contribution < 1.29 is 9.63 Å². The fraction of sp³-hybridized carbons (Fsp3) is 0.125. The first kappa shape index (κ1) is 13.8. The summed E-state index contributed by atoms with van der Waals surface area (Å²) >= 11 is 0. The molecular weight excluding hydrogens is 252 g/mol. The topological polar surface area (TPSA) is 50.7 Å². The predicted molar refractivity (Wildman–Crippen MR) is 79.8 cm³/mol. The van der Waals surface area contributed by atoms with Crippen molar-refractivity contribution in [3.05, 3.63) is 65.7 Å². The first-order chi connectivity index (χ1) is 9.75. The lowest BCUT2D eigenvalue weighted by Gasteiger charge is -2.03. The molecule has 20 heavy (non-hydrogen) atoms. The van der Waals surface area contributed by atoms with E-state index >= 15 is 0 Å². The van der Waals surface area contributed by atoms with E-state index in [9.17, 15) is 4.79 Å². The molecule has 0 aromatic heterocycles. The SMILES string of the molecule is Cc1ccccc1/C=N\OCC(=O)Nc1ccccc1. The van der Waals surface area contributed by atoms with Crippen molar-refractivity contribution in [3.63, 3.8) is 0 Å². The lowest BCUT2D eigenvalue weighted by molar-refractivity contribution is -0.120. The number of hydrogen-bond donors (Lipinski definition) is 1. The summed E-state index contributed by atoms with van der Waals surface area (Å²) in [6.07, 6.45) is 1.60. The van der Waals surface area contributed by atoms with E-state index in [0.29, 0.717) is 0 Å². The molecule has 0 atom stereocenters. The molecule has 102 valence electrons. The van der Waals surface area contributed by atoms with Crippen LogP contribution < -0.4 is 5.32 Å². The Labute approximate surface area is 118 Å². The Hall–Kier alpha value is -2.62. The number of carbonyl (C=O) groups excluding carboxylic acids is 1. The van der Waals surface area contributed by atoms with Crippen molar-refractivity contribution in [1.29, 1.82) is 0 Å². The number of benzene rings is 2. The highest BCUT2D eigenvalue weighted by Gasteiger charge is 2.01. The molecule has 0 spiro atoms. The van der Waals surface area contributed by atoms with Gasteiger partial charge in [0.15, 0.2) is 6.61 Å². The van der Waals surface area contributed by atoms with Crippen molar-refractivity contribution in [3.8, 4) is 0 Å². The smallest absolute Gasteiger partial charge is 0.265 e. The van der Waals surface area contributed by atoms with E-state index in [1.807, 2.05) is 61.5 Å². The third-order valence-electron chi connectivity index (χ3n) is 2.71. The molecule has 2 aromatic rings. The lowest BCUT2D eigenvalue weighted by atomic mass is 10.1. The number of rotatable bonds is 5. The van der Waals surface area contributed by atoms with Gasteiger partial charge in [0.2, 0.25) is 0 Å². The van der Waals surface area contributed by atoms with Crippen molar-refractivity contribution in [2.75, 3.05) is 11.9 Å². The Bertz CT molecular complexity index is 594. The van der Waals surface area contributed by atoms with Gasteiger partial charge in [-0.25, -0.2) is 0 Å². The summed E-state index contributed by atoms with van der Waals surface area (Å²) in [6.45, 7) is 1.88. The summed E-state index contributed by atoms with van der Waals surface area (Å²) in [5.41, 5.74) is 2.81. The third kappa shape index (κ3) is 4.24. The molecule has 0 saturated carbocycles. The normalized spacial score (nSPS) is 10.4. The van der Waals surface area contributed by atoms with E-state index in [-0.39, 0.29) is 12.5 Å². The van der Waals surface area contributed by atoms with Crippen LogP contribution in [0.1, 0.15) is 11.1 Å². The predicted octanol–water partition coefficient (Wildman–Crippen LogP) is 2.98. The first-order valence-electron chi connectivity index (χ1n) is 6.31. The third-order valence-corrected chi connectivity index (χ3v) is 2.71. The minimum Gasteiger partial charge on any atom is -0.386 e. The molecule has 0 heterocycles. The Morgan fingerprint density at radius 2 is 1.85 bits per heavy atom. The number of oxime groups is 1. The standard InChI is InChI=1S/C16H16N2O2/c1-13-7-5-6-8-14(13)11-17-20-12-16(19)18-15-9-3-2-4-10-15/h2-11H,12H2,1H3,(H,18,19)/b17-11-. The van der Waals surface area contributed by atoms with Crippen LogP contribution in [0, 0.1) is 6.92 Å². The summed E-state index contributed by atoms with van der Waals surface area (Å²) in [5, 5.41) is 6.51. The minimum atomic E-state index is -0.238. The maximum absolute atomic E-state index is 11.6.